The molecule has 1 amide bonds. The predicted octanol–water partition coefficient (Wildman–Crippen LogP) is 3.15. The number of nitrogens with one attached hydrogen (secondary N) is 1. The summed E-state index contributed by atoms with van der Waals surface area (Å²) in [5.41, 5.74) is 0.557. The van der Waals surface area contributed by atoms with Crippen LogP contribution in [0.5, 0.6) is 5.75 Å². The molecule has 1 aromatic heterocycles. The Balaban J connectivity index is 1.73. The van der Waals surface area contributed by atoms with E-state index in [9.17, 15) is 15.2 Å². The maximum Gasteiger partial charge on any atom is 0.268 e. The van der Waals surface area contributed by atoms with Crippen LogP contribution in [0.3, 0.4) is 0 Å². The van der Waals surface area contributed by atoms with Gasteiger partial charge in [0, 0.05) is 13.1 Å². The monoisotopic (exact) mass is 419 g/mol. The Labute approximate surface area is 156 Å². The summed E-state index contributed by atoms with van der Waals surface area (Å²) in [7, 11) is 0. The smallest absolute Gasteiger partial charge is 0.268 e. The number of benzene rings is 1. The number of hydrogen-bond acceptors (Lipinski definition) is 7. The van der Waals surface area contributed by atoms with Crippen molar-refractivity contribution in [2.45, 2.75) is 12.8 Å². The molecule has 0 spiro atoms. The van der Waals surface area contributed by atoms with E-state index in [0.29, 0.717) is 15.2 Å². The molecule has 2 heterocycles. The number of aromatic hydroxyl groups is 1. The van der Waals surface area contributed by atoms with Crippen LogP contribution < -0.4 is 10.2 Å². The first-order chi connectivity index (χ1) is 12.1. The van der Waals surface area contributed by atoms with Crippen molar-refractivity contribution in [3.63, 3.8) is 0 Å². The number of aromatic nitrogens is 2. The zero-order valence-electron chi connectivity index (χ0n) is 13.1. The Morgan fingerprint density at radius 3 is 2.84 bits per heavy atom. The molecule has 1 aliphatic heterocycles. The molecule has 0 aliphatic carbocycles. The molecule has 0 bridgehead atoms. The third-order valence-corrected chi connectivity index (χ3v) is 5.19. The number of nitrogens with zero attached hydrogens (tertiary/aromatic N) is 4. The molecule has 25 heavy (non-hydrogen) atoms. The van der Waals surface area contributed by atoms with Crippen LogP contribution in [-0.2, 0) is 4.79 Å². The standard InChI is InChI=1S/C16H14BrN5O2S/c17-12-8-10(3-4-13(12)23)7-11(9-18)14(24)19-15-20-21-16(25-15)22-5-1-2-6-22/h3-4,7-8,23H,1-2,5-6H2,(H,19,20,24). The van der Waals surface area contributed by atoms with E-state index in [1.165, 1.54) is 23.5 Å². The van der Waals surface area contributed by atoms with Gasteiger partial charge in [-0.15, -0.1) is 10.2 Å². The summed E-state index contributed by atoms with van der Waals surface area (Å²) >= 11 is 4.49. The van der Waals surface area contributed by atoms with Crippen molar-refractivity contribution in [1.29, 1.82) is 5.26 Å². The molecule has 1 aromatic carbocycles. The normalized spacial score (nSPS) is 14.4. The van der Waals surface area contributed by atoms with Crippen LogP contribution in [0.2, 0.25) is 0 Å². The average molecular weight is 420 g/mol. The van der Waals surface area contributed by atoms with Gasteiger partial charge in [-0.2, -0.15) is 5.26 Å². The first-order valence-corrected chi connectivity index (χ1v) is 9.18. The van der Waals surface area contributed by atoms with E-state index in [-0.39, 0.29) is 11.3 Å². The number of anilines is 2. The first-order valence-electron chi connectivity index (χ1n) is 7.57. The Bertz CT molecular complexity index is 868. The summed E-state index contributed by atoms with van der Waals surface area (Å²) < 4.78 is 0.485. The van der Waals surface area contributed by atoms with Crippen molar-refractivity contribution in [1.82, 2.24) is 10.2 Å². The second-order valence-corrected chi connectivity index (χ2v) is 7.23. The summed E-state index contributed by atoms with van der Waals surface area (Å²) in [6.45, 7) is 1.89. The fourth-order valence-electron chi connectivity index (χ4n) is 2.39. The highest BCUT2D eigenvalue weighted by atomic mass is 79.9. The fraction of sp³-hybridized carbons (Fsp3) is 0.250. The molecule has 7 nitrogen and oxygen atoms in total. The van der Waals surface area contributed by atoms with Crippen molar-refractivity contribution in [2.24, 2.45) is 0 Å². The molecule has 1 aliphatic rings. The second-order valence-electron chi connectivity index (χ2n) is 5.42. The molecule has 2 N–H and O–H groups in total. The van der Waals surface area contributed by atoms with Crippen LogP contribution in [0.1, 0.15) is 18.4 Å². The van der Waals surface area contributed by atoms with Crippen molar-refractivity contribution < 1.29 is 9.90 Å². The van der Waals surface area contributed by atoms with Crippen LogP contribution in [-0.4, -0.2) is 34.3 Å². The van der Waals surface area contributed by atoms with Gasteiger partial charge in [0.2, 0.25) is 10.3 Å². The number of rotatable bonds is 4. The fourth-order valence-corrected chi connectivity index (χ4v) is 3.58. The van der Waals surface area contributed by atoms with Crippen molar-refractivity contribution in [2.75, 3.05) is 23.3 Å². The lowest BCUT2D eigenvalue weighted by Crippen LogP contribution is -2.17. The van der Waals surface area contributed by atoms with E-state index >= 15 is 0 Å². The van der Waals surface area contributed by atoms with E-state index in [4.69, 9.17) is 0 Å². The van der Waals surface area contributed by atoms with Gasteiger partial charge in [0.1, 0.15) is 17.4 Å². The average Bonchev–Trinajstić information content (AvgIpc) is 3.27. The summed E-state index contributed by atoms with van der Waals surface area (Å²) in [4.78, 5) is 14.4. The quantitative estimate of drug-likeness (QED) is 0.582. The van der Waals surface area contributed by atoms with Gasteiger partial charge < -0.3 is 10.0 Å². The lowest BCUT2D eigenvalue weighted by atomic mass is 10.1. The lowest BCUT2D eigenvalue weighted by Gasteiger charge is -2.10. The number of nitriles is 1. The lowest BCUT2D eigenvalue weighted by molar-refractivity contribution is -0.112. The van der Waals surface area contributed by atoms with Gasteiger partial charge in [-0.3, -0.25) is 10.1 Å². The zero-order valence-corrected chi connectivity index (χ0v) is 15.5. The van der Waals surface area contributed by atoms with Gasteiger partial charge in [-0.1, -0.05) is 17.4 Å². The van der Waals surface area contributed by atoms with Gasteiger partial charge in [-0.25, -0.2) is 0 Å². The van der Waals surface area contributed by atoms with Gasteiger partial charge in [0.05, 0.1) is 4.47 Å². The molecule has 0 atom stereocenters. The molecule has 9 heteroatoms. The number of carbonyl (C=O) groups is 1. The van der Waals surface area contributed by atoms with E-state index in [1.807, 2.05) is 6.07 Å². The van der Waals surface area contributed by atoms with Gasteiger partial charge in [0.15, 0.2) is 0 Å². The minimum Gasteiger partial charge on any atom is -0.507 e. The Morgan fingerprint density at radius 2 is 2.16 bits per heavy atom. The van der Waals surface area contributed by atoms with Crippen LogP contribution in [0, 0.1) is 11.3 Å². The highest BCUT2D eigenvalue weighted by Gasteiger charge is 2.18. The molecule has 0 unspecified atom stereocenters. The topological polar surface area (TPSA) is 102 Å². The molecule has 3 rings (SSSR count). The minimum absolute atomic E-state index is 0.0597. The number of amides is 1. The summed E-state index contributed by atoms with van der Waals surface area (Å²) in [6.07, 6.45) is 3.71. The Kier molecular flexibility index (Phi) is 5.31. The third kappa shape index (κ3) is 4.15. The maximum absolute atomic E-state index is 12.3. The molecule has 2 aromatic rings. The van der Waals surface area contributed by atoms with E-state index < -0.39 is 5.91 Å². The summed E-state index contributed by atoms with van der Waals surface area (Å²) in [5, 5.41) is 30.6. The van der Waals surface area contributed by atoms with E-state index in [1.54, 1.807) is 12.1 Å². The van der Waals surface area contributed by atoms with Crippen molar-refractivity contribution in [3.05, 3.63) is 33.8 Å². The maximum atomic E-state index is 12.3. The molecule has 1 fully saturated rings. The van der Waals surface area contributed by atoms with Gasteiger partial charge in [0.25, 0.3) is 5.91 Å². The van der Waals surface area contributed by atoms with E-state index in [0.717, 1.165) is 31.1 Å². The SMILES string of the molecule is N#CC(=Cc1ccc(O)c(Br)c1)C(=O)Nc1nnc(N2CCCC2)s1. The number of phenols is 1. The Hall–Kier alpha value is -2.44. The van der Waals surface area contributed by atoms with Crippen LogP contribution in [0.15, 0.2) is 28.2 Å². The van der Waals surface area contributed by atoms with Crippen LogP contribution in [0.4, 0.5) is 10.3 Å². The predicted molar refractivity (Wildman–Crippen MR) is 99.4 cm³/mol. The highest BCUT2D eigenvalue weighted by molar-refractivity contribution is 9.10. The highest BCUT2D eigenvalue weighted by Crippen LogP contribution is 2.28. The number of hydrogen-bond donors (Lipinski definition) is 2. The number of halogens is 1. The molecular weight excluding hydrogens is 406 g/mol. The molecule has 1 saturated heterocycles. The molecule has 0 radical (unpaired) electrons. The van der Waals surface area contributed by atoms with Gasteiger partial charge >= 0.3 is 0 Å². The largest absolute Gasteiger partial charge is 0.507 e. The number of carbonyl (C=O) groups excluding carboxylic acids is 1. The second kappa shape index (κ2) is 7.63. The molecular formula is C16H14BrN5O2S. The summed E-state index contributed by atoms with van der Waals surface area (Å²) in [6, 6.07) is 6.60. The van der Waals surface area contributed by atoms with Crippen molar-refractivity contribution >= 4 is 49.5 Å². The van der Waals surface area contributed by atoms with E-state index in [2.05, 4.69) is 36.3 Å². The minimum atomic E-state index is -0.546. The van der Waals surface area contributed by atoms with Gasteiger partial charge in [-0.05, 0) is 52.5 Å². The molecule has 0 saturated carbocycles. The molecule has 128 valence electrons. The first kappa shape index (κ1) is 17.4. The van der Waals surface area contributed by atoms with Crippen LogP contribution >= 0.6 is 27.3 Å². The zero-order chi connectivity index (χ0) is 17.8. The summed E-state index contributed by atoms with van der Waals surface area (Å²) in [5.74, 6) is -0.459. The third-order valence-electron chi connectivity index (χ3n) is 3.66. The van der Waals surface area contributed by atoms with Crippen molar-refractivity contribution in [3.8, 4) is 11.8 Å². The Morgan fingerprint density at radius 1 is 1.40 bits per heavy atom. The van der Waals surface area contributed by atoms with Crippen LogP contribution in [0.25, 0.3) is 6.08 Å². The number of phenolic OH excluding ortho intramolecular Hbond substituents is 1.